The number of pyridine rings is 1. The summed E-state index contributed by atoms with van der Waals surface area (Å²) in [5, 5.41) is 7.80. The number of nitrogens with zero attached hydrogens (tertiary/aromatic N) is 3. The van der Waals surface area contributed by atoms with Crippen molar-refractivity contribution in [2.24, 2.45) is 0 Å². The number of carbonyl (C=O) groups is 1. The summed E-state index contributed by atoms with van der Waals surface area (Å²) < 4.78 is 12.8. The second-order valence-corrected chi connectivity index (χ2v) is 7.49. The fraction of sp³-hybridized carbons (Fsp3) is 0.192. The molecule has 4 aromatic rings. The molecule has 2 aromatic heterocycles. The van der Waals surface area contributed by atoms with E-state index in [0.717, 1.165) is 28.1 Å². The van der Waals surface area contributed by atoms with Crippen molar-refractivity contribution < 1.29 is 14.3 Å². The highest BCUT2D eigenvalue weighted by molar-refractivity contribution is 5.77. The van der Waals surface area contributed by atoms with Crippen LogP contribution in [0.4, 0.5) is 0 Å². The van der Waals surface area contributed by atoms with Gasteiger partial charge in [-0.05, 0) is 53.9 Å². The van der Waals surface area contributed by atoms with Gasteiger partial charge in [0.1, 0.15) is 11.5 Å². The molecule has 7 heteroatoms. The van der Waals surface area contributed by atoms with Crippen LogP contribution in [0.2, 0.25) is 0 Å². The number of aromatic nitrogens is 3. The fourth-order valence-corrected chi connectivity index (χ4v) is 3.57. The fourth-order valence-electron chi connectivity index (χ4n) is 3.57. The largest absolute Gasteiger partial charge is 0.497 e. The van der Waals surface area contributed by atoms with Crippen LogP contribution in [0.15, 0.2) is 79.3 Å². The number of carbonyl (C=O) groups excluding carboxylic acids is 1. The molecule has 0 fully saturated rings. The Kier molecular flexibility index (Phi) is 6.99. The van der Waals surface area contributed by atoms with E-state index in [0.29, 0.717) is 30.9 Å². The van der Waals surface area contributed by atoms with E-state index in [2.05, 4.69) is 10.3 Å². The molecule has 0 bridgehead atoms. The lowest BCUT2D eigenvalue weighted by atomic mass is 10.0. The molecule has 0 atom stereocenters. The van der Waals surface area contributed by atoms with Gasteiger partial charge in [0.05, 0.1) is 25.6 Å². The third-order valence-corrected chi connectivity index (χ3v) is 5.31. The maximum Gasteiger partial charge on any atom is 0.220 e. The molecule has 0 aliphatic rings. The van der Waals surface area contributed by atoms with Gasteiger partial charge in [-0.15, -0.1) is 0 Å². The molecule has 4 rings (SSSR count). The number of para-hydroxylation sites is 1. The van der Waals surface area contributed by atoms with E-state index in [-0.39, 0.29) is 5.91 Å². The van der Waals surface area contributed by atoms with Crippen LogP contribution >= 0.6 is 0 Å². The van der Waals surface area contributed by atoms with E-state index in [1.54, 1.807) is 26.6 Å². The van der Waals surface area contributed by atoms with Crippen LogP contribution in [0.5, 0.6) is 11.5 Å². The third kappa shape index (κ3) is 5.38. The Morgan fingerprint density at radius 2 is 1.88 bits per heavy atom. The highest BCUT2D eigenvalue weighted by Gasteiger charge is 2.18. The lowest BCUT2D eigenvalue weighted by Crippen LogP contribution is -2.23. The normalized spacial score (nSPS) is 10.6. The van der Waals surface area contributed by atoms with E-state index in [4.69, 9.17) is 14.6 Å². The summed E-state index contributed by atoms with van der Waals surface area (Å²) in [6.07, 6.45) is 6.29. The molecule has 1 amide bonds. The molecule has 7 nitrogen and oxygen atoms in total. The lowest BCUT2D eigenvalue weighted by molar-refractivity contribution is -0.121. The van der Waals surface area contributed by atoms with E-state index in [1.165, 1.54) is 0 Å². The minimum absolute atomic E-state index is 0.0325. The predicted octanol–water partition coefficient (Wildman–Crippen LogP) is 4.20. The maximum absolute atomic E-state index is 12.5. The molecule has 2 heterocycles. The van der Waals surface area contributed by atoms with Gasteiger partial charge in [-0.3, -0.25) is 9.78 Å². The van der Waals surface area contributed by atoms with Crippen LogP contribution in [0.3, 0.4) is 0 Å². The first kappa shape index (κ1) is 22.1. The zero-order chi connectivity index (χ0) is 23.0. The molecule has 0 unspecified atom stereocenters. The van der Waals surface area contributed by atoms with Crippen LogP contribution in [0.1, 0.15) is 17.5 Å². The molecule has 2 aromatic carbocycles. The monoisotopic (exact) mass is 442 g/mol. The van der Waals surface area contributed by atoms with Gasteiger partial charge in [-0.1, -0.05) is 24.3 Å². The number of amides is 1. The van der Waals surface area contributed by atoms with Crippen molar-refractivity contribution in [2.45, 2.75) is 19.4 Å². The summed E-state index contributed by atoms with van der Waals surface area (Å²) in [4.78, 5) is 16.6. The Labute approximate surface area is 193 Å². The van der Waals surface area contributed by atoms with Crippen LogP contribution in [0, 0.1) is 0 Å². The highest BCUT2D eigenvalue weighted by atomic mass is 16.5. The maximum atomic E-state index is 12.5. The number of methoxy groups -OCH3 is 2. The van der Waals surface area contributed by atoms with Gasteiger partial charge >= 0.3 is 0 Å². The third-order valence-electron chi connectivity index (χ3n) is 5.31. The number of hydrogen-bond acceptors (Lipinski definition) is 5. The lowest BCUT2D eigenvalue weighted by Gasteiger charge is -2.10. The zero-order valence-electron chi connectivity index (χ0n) is 18.7. The van der Waals surface area contributed by atoms with Gasteiger partial charge in [0.15, 0.2) is 0 Å². The van der Waals surface area contributed by atoms with Crippen molar-refractivity contribution >= 4 is 5.91 Å². The van der Waals surface area contributed by atoms with E-state index < -0.39 is 0 Å². The second-order valence-electron chi connectivity index (χ2n) is 7.49. The summed E-state index contributed by atoms with van der Waals surface area (Å²) in [5.41, 5.74) is 4.42. The first-order valence-electron chi connectivity index (χ1n) is 10.7. The number of ether oxygens (including phenoxy) is 2. The molecule has 0 spiro atoms. The van der Waals surface area contributed by atoms with Crippen LogP contribution < -0.4 is 14.8 Å². The summed E-state index contributed by atoms with van der Waals surface area (Å²) in [6.45, 7) is 0.451. The number of hydrogen-bond donors (Lipinski definition) is 1. The summed E-state index contributed by atoms with van der Waals surface area (Å²) in [5.74, 6) is 1.37. The molecular formula is C26H26N4O3. The molecular weight excluding hydrogens is 416 g/mol. The Morgan fingerprint density at radius 3 is 2.61 bits per heavy atom. The summed E-state index contributed by atoms with van der Waals surface area (Å²) >= 11 is 0. The first-order valence-corrected chi connectivity index (χ1v) is 10.7. The Balaban J connectivity index is 1.60. The Bertz CT molecular complexity index is 1210. The van der Waals surface area contributed by atoms with Gasteiger partial charge in [0.25, 0.3) is 0 Å². The highest BCUT2D eigenvalue weighted by Crippen LogP contribution is 2.35. The number of nitrogens with one attached hydrogen (secondary N) is 1. The van der Waals surface area contributed by atoms with E-state index >= 15 is 0 Å². The number of aryl methyl sites for hydroxylation is 1. The number of benzene rings is 2. The molecule has 0 aliphatic heterocycles. The molecule has 0 saturated carbocycles. The van der Waals surface area contributed by atoms with Crippen molar-refractivity contribution in [3.05, 3.63) is 90.4 Å². The first-order chi connectivity index (χ1) is 16.2. The number of rotatable bonds is 9. The van der Waals surface area contributed by atoms with E-state index in [1.807, 2.05) is 71.5 Å². The Morgan fingerprint density at radius 1 is 1.03 bits per heavy atom. The van der Waals surface area contributed by atoms with Crippen LogP contribution in [-0.2, 0) is 17.8 Å². The molecule has 0 saturated heterocycles. The van der Waals surface area contributed by atoms with Gasteiger partial charge in [0, 0.05) is 37.1 Å². The van der Waals surface area contributed by atoms with Crippen molar-refractivity contribution in [2.75, 3.05) is 14.2 Å². The minimum Gasteiger partial charge on any atom is -0.497 e. The van der Waals surface area contributed by atoms with Crippen molar-refractivity contribution in [3.8, 4) is 28.4 Å². The van der Waals surface area contributed by atoms with Crippen LogP contribution in [0.25, 0.3) is 16.9 Å². The molecule has 0 radical (unpaired) electrons. The van der Waals surface area contributed by atoms with Gasteiger partial charge in [-0.2, -0.15) is 5.10 Å². The van der Waals surface area contributed by atoms with Crippen molar-refractivity contribution in [3.63, 3.8) is 0 Å². The van der Waals surface area contributed by atoms with Crippen molar-refractivity contribution in [1.82, 2.24) is 20.1 Å². The molecule has 33 heavy (non-hydrogen) atoms. The van der Waals surface area contributed by atoms with Gasteiger partial charge in [0.2, 0.25) is 5.91 Å². The standard InChI is InChI=1S/C26H26N4O3/c1-32-22-11-12-24(33-2)23(15-22)26-20(18-30(29-26)21-8-4-3-5-9-21)10-13-25(31)28-17-19-7-6-14-27-16-19/h3-9,11-12,14-16,18H,10,13,17H2,1-2H3,(H,28,31). The summed E-state index contributed by atoms with van der Waals surface area (Å²) in [7, 11) is 3.26. The zero-order valence-corrected chi connectivity index (χ0v) is 18.7. The Hall–Kier alpha value is -4.13. The quantitative estimate of drug-likeness (QED) is 0.420. The average Bonchev–Trinajstić information content (AvgIpc) is 3.31. The van der Waals surface area contributed by atoms with Crippen molar-refractivity contribution in [1.29, 1.82) is 0 Å². The van der Waals surface area contributed by atoms with E-state index in [9.17, 15) is 4.79 Å². The minimum atomic E-state index is -0.0325. The topological polar surface area (TPSA) is 78.3 Å². The van der Waals surface area contributed by atoms with Crippen LogP contribution in [-0.4, -0.2) is 34.9 Å². The average molecular weight is 443 g/mol. The summed E-state index contributed by atoms with van der Waals surface area (Å²) in [6, 6.07) is 19.3. The molecule has 0 aliphatic carbocycles. The van der Waals surface area contributed by atoms with Gasteiger partial charge < -0.3 is 14.8 Å². The molecule has 168 valence electrons. The van der Waals surface area contributed by atoms with Gasteiger partial charge in [-0.25, -0.2) is 4.68 Å². The smallest absolute Gasteiger partial charge is 0.220 e. The second kappa shape index (κ2) is 10.5. The SMILES string of the molecule is COc1ccc(OC)c(-c2nn(-c3ccccc3)cc2CCC(=O)NCc2cccnc2)c1. The predicted molar refractivity (Wildman–Crippen MR) is 127 cm³/mol. The molecule has 1 N–H and O–H groups in total.